The van der Waals surface area contributed by atoms with Crippen molar-refractivity contribution in [3.63, 3.8) is 0 Å². The Labute approximate surface area is 124 Å². The highest BCUT2D eigenvalue weighted by Gasteiger charge is 2.42. The molecule has 3 heteroatoms. The van der Waals surface area contributed by atoms with Crippen molar-refractivity contribution in [2.45, 2.75) is 31.7 Å². The highest BCUT2D eigenvalue weighted by atomic mass is 16.6. The molecule has 1 aliphatic heterocycles. The Morgan fingerprint density at radius 2 is 1.52 bits per heavy atom. The van der Waals surface area contributed by atoms with Crippen LogP contribution in [0.15, 0.2) is 60.7 Å². The Bertz CT molecular complexity index is 580. The van der Waals surface area contributed by atoms with Crippen LogP contribution in [0.3, 0.4) is 0 Å². The summed E-state index contributed by atoms with van der Waals surface area (Å²) in [4.78, 5) is 11.5. The second-order valence-electron chi connectivity index (χ2n) is 5.22. The Morgan fingerprint density at radius 1 is 0.905 bits per heavy atom. The van der Waals surface area contributed by atoms with E-state index in [9.17, 15) is 4.79 Å². The van der Waals surface area contributed by atoms with Crippen molar-refractivity contribution >= 4 is 5.97 Å². The Balaban J connectivity index is 1.49. The Kier molecular flexibility index (Phi) is 4.31. The van der Waals surface area contributed by atoms with Gasteiger partial charge < -0.3 is 9.47 Å². The van der Waals surface area contributed by atoms with Gasteiger partial charge in [-0.15, -0.1) is 0 Å². The number of hydrogen-bond acceptors (Lipinski definition) is 3. The van der Waals surface area contributed by atoms with Crippen LogP contribution in [0.5, 0.6) is 0 Å². The predicted octanol–water partition coefficient (Wildman–Crippen LogP) is 3.13. The maximum absolute atomic E-state index is 11.5. The molecule has 2 aromatic rings. The van der Waals surface area contributed by atoms with E-state index in [1.54, 1.807) is 0 Å². The normalized spacial score (nSPS) is 20.7. The van der Waals surface area contributed by atoms with Gasteiger partial charge in [0.2, 0.25) is 0 Å². The molecule has 0 aliphatic carbocycles. The van der Waals surface area contributed by atoms with Gasteiger partial charge in [0.15, 0.2) is 6.10 Å². The maximum Gasteiger partial charge on any atom is 0.339 e. The van der Waals surface area contributed by atoms with Crippen molar-refractivity contribution in [1.29, 1.82) is 0 Å². The van der Waals surface area contributed by atoms with Crippen molar-refractivity contribution in [2.24, 2.45) is 0 Å². The number of hydrogen-bond donors (Lipinski definition) is 0. The van der Waals surface area contributed by atoms with Gasteiger partial charge in [0.1, 0.15) is 6.10 Å². The molecule has 0 bridgehead atoms. The first-order valence-corrected chi connectivity index (χ1v) is 7.23. The van der Waals surface area contributed by atoms with Crippen LogP contribution in [0.4, 0.5) is 0 Å². The number of rotatable bonds is 6. The van der Waals surface area contributed by atoms with Crippen molar-refractivity contribution in [3.05, 3.63) is 71.8 Å². The van der Waals surface area contributed by atoms with E-state index in [4.69, 9.17) is 9.47 Å². The van der Waals surface area contributed by atoms with E-state index in [1.807, 2.05) is 48.5 Å². The van der Waals surface area contributed by atoms with Crippen LogP contribution in [-0.4, -0.2) is 18.2 Å². The second-order valence-corrected chi connectivity index (χ2v) is 5.22. The van der Waals surface area contributed by atoms with Crippen molar-refractivity contribution in [1.82, 2.24) is 0 Å². The topological polar surface area (TPSA) is 35.5 Å². The zero-order valence-electron chi connectivity index (χ0n) is 11.8. The van der Waals surface area contributed by atoms with Crippen molar-refractivity contribution < 1.29 is 14.3 Å². The number of ether oxygens (including phenoxy) is 2. The molecule has 0 radical (unpaired) electrons. The molecular weight excluding hydrogens is 264 g/mol. The molecule has 1 fully saturated rings. The first-order chi connectivity index (χ1) is 10.3. The molecule has 1 saturated heterocycles. The summed E-state index contributed by atoms with van der Waals surface area (Å²) in [6, 6.07) is 20.1. The van der Waals surface area contributed by atoms with Crippen LogP contribution in [-0.2, 0) is 27.3 Å². The molecule has 3 rings (SSSR count). The van der Waals surface area contributed by atoms with E-state index in [-0.39, 0.29) is 12.1 Å². The minimum absolute atomic E-state index is 0.124. The van der Waals surface area contributed by atoms with E-state index in [0.717, 1.165) is 18.4 Å². The molecule has 2 aromatic carbocycles. The van der Waals surface area contributed by atoms with E-state index in [2.05, 4.69) is 12.1 Å². The molecule has 0 saturated carbocycles. The molecule has 1 heterocycles. The smallest absolute Gasteiger partial charge is 0.339 e. The summed E-state index contributed by atoms with van der Waals surface area (Å²) >= 11 is 0. The first-order valence-electron chi connectivity index (χ1n) is 7.23. The van der Waals surface area contributed by atoms with E-state index in [0.29, 0.717) is 6.61 Å². The van der Waals surface area contributed by atoms with Gasteiger partial charge in [0, 0.05) is 0 Å². The van der Waals surface area contributed by atoms with Crippen molar-refractivity contribution in [3.8, 4) is 0 Å². The Morgan fingerprint density at radius 3 is 2.14 bits per heavy atom. The summed E-state index contributed by atoms with van der Waals surface area (Å²) < 4.78 is 10.9. The van der Waals surface area contributed by atoms with Gasteiger partial charge in [0.25, 0.3) is 0 Å². The van der Waals surface area contributed by atoms with Gasteiger partial charge in [-0.3, -0.25) is 0 Å². The highest BCUT2D eigenvalue weighted by Crippen LogP contribution is 2.24. The number of carbonyl (C=O) groups is 1. The SMILES string of the molecule is O=C1O[C@@H](CCc2ccccc2)[C@@H]1OCc1ccccc1. The summed E-state index contributed by atoms with van der Waals surface area (Å²) in [7, 11) is 0. The largest absolute Gasteiger partial charge is 0.457 e. The summed E-state index contributed by atoms with van der Waals surface area (Å²) in [6.07, 6.45) is 1.15. The van der Waals surface area contributed by atoms with E-state index < -0.39 is 6.10 Å². The fourth-order valence-electron chi connectivity index (χ4n) is 2.46. The van der Waals surface area contributed by atoms with Gasteiger partial charge >= 0.3 is 5.97 Å². The lowest BCUT2D eigenvalue weighted by Crippen LogP contribution is -2.51. The third-order valence-corrected chi connectivity index (χ3v) is 3.67. The highest BCUT2D eigenvalue weighted by molar-refractivity contribution is 5.81. The molecule has 21 heavy (non-hydrogen) atoms. The molecular formula is C18H18O3. The third-order valence-electron chi connectivity index (χ3n) is 3.67. The third kappa shape index (κ3) is 3.50. The standard InChI is InChI=1S/C18H18O3/c19-18-17(20-13-15-9-5-2-6-10-15)16(21-18)12-11-14-7-3-1-4-8-14/h1-10,16-17H,11-13H2/t16-,17-/m0/s1. The second kappa shape index (κ2) is 6.55. The summed E-state index contributed by atoms with van der Waals surface area (Å²) in [6.45, 7) is 0.447. The maximum atomic E-state index is 11.5. The van der Waals surface area contributed by atoms with Crippen LogP contribution in [0.1, 0.15) is 17.5 Å². The van der Waals surface area contributed by atoms with Gasteiger partial charge in [0.05, 0.1) is 6.61 Å². The fraction of sp³-hybridized carbons (Fsp3) is 0.278. The van der Waals surface area contributed by atoms with Crippen LogP contribution >= 0.6 is 0 Å². The van der Waals surface area contributed by atoms with Crippen LogP contribution < -0.4 is 0 Å². The molecule has 0 spiro atoms. The van der Waals surface area contributed by atoms with Gasteiger partial charge in [-0.2, -0.15) is 0 Å². The van der Waals surface area contributed by atoms with Gasteiger partial charge in [-0.25, -0.2) is 4.79 Å². The van der Waals surface area contributed by atoms with Crippen LogP contribution in [0.2, 0.25) is 0 Å². The first kappa shape index (κ1) is 13.8. The number of benzene rings is 2. The lowest BCUT2D eigenvalue weighted by atomic mass is 10.00. The molecule has 3 nitrogen and oxygen atoms in total. The minimum Gasteiger partial charge on any atom is -0.457 e. The fourth-order valence-corrected chi connectivity index (χ4v) is 2.46. The molecule has 108 valence electrons. The number of cyclic esters (lactones) is 1. The lowest BCUT2D eigenvalue weighted by molar-refractivity contribution is -0.208. The summed E-state index contributed by atoms with van der Waals surface area (Å²) in [5.41, 5.74) is 2.32. The average molecular weight is 282 g/mol. The number of carbonyl (C=O) groups excluding carboxylic acids is 1. The molecule has 0 unspecified atom stereocenters. The average Bonchev–Trinajstić information content (AvgIpc) is 2.53. The molecule has 2 atom stereocenters. The molecule has 0 amide bonds. The van der Waals surface area contributed by atoms with Gasteiger partial charge in [-0.1, -0.05) is 60.7 Å². The van der Waals surface area contributed by atoms with Crippen molar-refractivity contribution in [2.75, 3.05) is 0 Å². The monoisotopic (exact) mass is 282 g/mol. The summed E-state index contributed by atoms with van der Waals surface area (Å²) in [5.74, 6) is -0.246. The predicted molar refractivity (Wildman–Crippen MR) is 79.7 cm³/mol. The van der Waals surface area contributed by atoms with Crippen LogP contribution in [0.25, 0.3) is 0 Å². The Hall–Kier alpha value is -2.13. The molecule has 0 N–H and O–H groups in total. The zero-order valence-corrected chi connectivity index (χ0v) is 11.8. The minimum atomic E-state index is -0.422. The van der Waals surface area contributed by atoms with Gasteiger partial charge in [-0.05, 0) is 24.0 Å². The molecule has 0 aromatic heterocycles. The zero-order chi connectivity index (χ0) is 14.5. The van der Waals surface area contributed by atoms with Crippen LogP contribution in [0, 0.1) is 0 Å². The lowest BCUT2D eigenvalue weighted by Gasteiger charge is -2.34. The van der Waals surface area contributed by atoms with E-state index in [1.165, 1.54) is 5.56 Å². The van der Waals surface area contributed by atoms with E-state index >= 15 is 0 Å². The molecule has 1 aliphatic rings. The number of aryl methyl sites for hydroxylation is 1. The quantitative estimate of drug-likeness (QED) is 0.764. The summed E-state index contributed by atoms with van der Waals surface area (Å²) in [5, 5.41) is 0. The number of esters is 1.